The van der Waals surface area contributed by atoms with E-state index in [0.717, 1.165) is 18.5 Å². The Kier molecular flexibility index (Phi) is 7.01. The molecule has 2 aliphatic carbocycles. The van der Waals surface area contributed by atoms with Gasteiger partial charge in [0.05, 0.1) is 0 Å². The molecule has 1 atom stereocenters. The first-order valence-electron chi connectivity index (χ1n) is 9.31. The van der Waals surface area contributed by atoms with Crippen LogP contribution in [0.3, 0.4) is 0 Å². The van der Waals surface area contributed by atoms with Crippen LogP contribution in [-0.4, -0.2) is 61.6 Å². The van der Waals surface area contributed by atoms with E-state index in [0.29, 0.717) is 11.5 Å². The van der Waals surface area contributed by atoms with Crippen molar-refractivity contribution in [2.24, 2.45) is 10.4 Å². The molecule has 23 heavy (non-hydrogen) atoms. The van der Waals surface area contributed by atoms with Gasteiger partial charge in [-0.05, 0) is 51.5 Å². The van der Waals surface area contributed by atoms with Crippen molar-refractivity contribution in [3.63, 3.8) is 0 Å². The second kappa shape index (κ2) is 8.37. The van der Waals surface area contributed by atoms with Crippen LogP contribution in [0, 0.1) is 5.41 Å². The zero-order chi connectivity index (χ0) is 15.6. The van der Waals surface area contributed by atoms with Crippen LogP contribution in [0.15, 0.2) is 4.99 Å². The molecule has 0 amide bonds. The van der Waals surface area contributed by atoms with Crippen LogP contribution in [0.1, 0.15) is 58.3 Å². The van der Waals surface area contributed by atoms with E-state index in [2.05, 4.69) is 34.1 Å². The molecular formula is C18H35IN4. The van der Waals surface area contributed by atoms with E-state index in [4.69, 9.17) is 0 Å². The number of guanidine groups is 1. The highest BCUT2D eigenvalue weighted by molar-refractivity contribution is 14.0. The van der Waals surface area contributed by atoms with Crippen LogP contribution in [0.25, 0.3) is 0 Å². The highest BCUT2D eigenvalue weighted by atomic mass is 127. The van der Waals surface area contributed by atoms with E-state index < -0.39 is 0 Å². The lowest BCUT2D eigenvalue weighted by Gasteiger charge is -2.34. The molecule has 1 saturated heterocycles. The summed E-state index contributed by atoms with van der Waals surface area (Å²) in [7, 11) is 4.20. The van der Waals surface area contributed by atoms with Crippen LogP contribution in [0.2, 0.25) is 0 Å². The van der Waals surface area contributed by atoms with Gasteiger partial charge >= 0.3 is 0 Å². The molecule has 1 aliphatic heterocycles. The van der Waals surface area contributed by atoms with Crippen LogP contribution >= 0.6 is 24.0 Å². The number of nitrogens with zero attached hydrogens (tertiary/aromatic N) is 3. The van der Waals surface area contributed by atoms with E-state index >= 15 is 0 Å². The second-order valence-electron chi connectivity index (χ2n) is 7.91. The van der Waals surface area contributed by atoms with Crippen LogP contribution in [0.4, 0.5) is 0 Å². The highest BCUT2D eigenvalue weighted by Crippen LogP contribution is 2.43. The molecule has 1 spiro atoms. The Morgan fingerprint density at radius 3 is 2.57 bits per heavy atom. The van der Waals surface area contributed by atoms with E-state index in [9.17, 15) is 0 Å². The van der Waals surface area contributed by atoms with Crippen molar-refractivity contribution in [3.05, 3.63) is 0 Å². The smallest absolute Gasteiger partial charge is 0.193 e. The summed E-state index contributed by atoms with van der Waals surface area (Å²) in [6.45, 7) is 5.74. The van der Waals surface area contributed by atoms with Crippen LogP contribution in [-0.2, 0) is 0 Å². The van der Waals surface area contributed by atoms with Gasteiger partial charge < -0.3 is 10.2 Å². The van der Waals surface area contributed by atoms with Gasteiger partial charge in [-0.2, -0.15) is 0 Å². The van der Waals surface area contributed by atoms with Gasteiger partial charge in [-0.3, -0.25) is 9.89 Å². The Labute approximate surface area is 159 Å². The number of likely N-dealkylation sites (tertiary alicyclic amines) is 1. The number of nitrogens with one attached hydrogen (secondary N) is 1. The van der Waals surface area contributed by atoms with Gasteiger partial charge in [0.15, 0.2) is 5.96 Å². The van der Waals surface area contributed by atoms with E-state index in [1.165, 1.54) is 64.5 Å². The number of halogens is 1. The predicted molar refractivity (Wildman–Crippen MR) is 109 cm³/mol. The van der Waals surface area contributed by atoms with Gasteiger partial charge in [-0.1, -0.05) is 19.3 Å². The third kappa shape index (κ3) is 4.74. The fraction of sp³-hybridized carbons (Fsp3) is 0.944. The van der Waals surface area contributed by atoms with Crippen molar-refractivity contribution in [1.29, 1.82) is 0 Å². The molecule has 0 radical (unpaired) electrons. The minimum Gasteiger partial charge on any atom is -0.355 e. The summed E-state index contributed by atoms with van der Waals surface area (Å²) in [6.07, 6.45) is 11.3. The molecule has 0 aromatic rings. The number of aliphatic imine (C=N–C) groups is 1. The Bertz CT molecular complexity index is 402. The lowest BCUT2D eigenvalue weighted by Crippen LogP contribution is -2.47. The molecular weight excluding hydrogens is 399 g/mol. The van der Waals surface area contributed by atoms with Crippen molar-refractivity contribution >= 4 is 29.9 Å². The van der Waals surface area contributed by atoms with Crippen molar-refractivity contribution in [3.8, 4) is 0 Å². The van der Waals surface area contributed by atoms with E-state index in [-0.39, 0.29) is 24.0 Å². The highest BCUT2D eigenvalue weighted by Gasteiger charge is 2.39. The Morgan fingerprint density at radius 2 is 1.96 bits per heavy atom. The Hall–Kier alpha value is -0.0400. The van der Waals surface area contributed by atoms with Gasteiger partial charge in [-0.15, -0.1) is 24.0 Å². The second-order valence-corrected chi connectivity index (χ2v) is 7.91. The molecule has 3 fully saturated rings. The fourth-order valence-electron chi connectivity index (χ4n) is 4.38. The van der Waals surface area contributed by atoms with E-state index in [1.807, 2.05) is 7.05 Å². The van der Waals surface area contributed by atoms with Crippen molar-refractivity contribution in [1.82, 2.24) is 15.1 Å². The molecule has 0 aromatic carbocycles. The summed E-state index contributed by atoms with van der Waals surface area (Å²) in [5.74, 6) is 1.12. The summed E-state index contributed by atoms with van der Waals surface area (Å²) in [4.78, 5) is 9.58. The molecule has 4 nitrogen and oxygen atoms in total. The first-order chi connectivity index (χ1) is 10.6. The normalized spacial score (nSPS) is 25.6. The van der Waals surface area contributed by atoms with E-state index in [1.54, 1.807) is 0 Å². The maximum Gasteiger partial charge on any atom is 0.193 e. The lowest BCUT2D eigenvalue weighted by molar-refractivity contribution is 0.202. The number of hydrogen-bond donors (Lipinski definition) is 1. The number of rotatable bonds is 4. The molecule has 0 aromatic heterocycles. The first-order valence-corrected chi connectivity index (χ1v) is 9.31. The van der Waals surface area contributed by atoms with Gasteiger partial charge in [-0.25, -0.2) is 0 Å². The number of likely N-dealkylation sites (N-methyl/N-ethyl adjacent to an activating group) is 1. The van der Waals surface area contributed by atoms with Gasteiger partial charge in [0.2, 0.25) is 0 Å². The first kappa shape index (κ1) is 19.3. The monoisotopic (exact) mass is 434 g/mol. The predicted octanol–water partition coefficient (Wildman–Crippen LogP) is 3.32. The average molecular weight is 434 g/mol. The molecule has 1 unspecified atom stereocenters. The molecule has 2 saturated carbocycles. The molecule has 134 valence electrons. The molecule has 3 rings (SSSR count). The molecule has 0 bridgehead atoms. The third-order valence-corrected chi connectivity index (χ3v) is 6.24. The number of hydrogen-bond acceptors (Lipinski definition) is 2. The zero-order valence-electron chi connectivity index (χ0n) is 15.2. The zero-order valence-corrected chi connectivity index (χ0v) is 17.5. The van der Waals surface area contributed by atoms with Crippen molar-refractivity contribution in [2.45, 2.75) is 70.4 Å². The third-order valence-electron chi connectivity index (χ3n) is 6.24. The summed E-state index contributed by atoms with van der Waals surface area (Å²) >= 11 is 0. The largest absolute Gasteiger partial charge is 0.355 e. The topological polar surface area (TPSA) is 30.9 Å². The standard InChI is InChI=1S/C18H34N4.HI/c1-15(21(3)16-7-8-16)13-20-17(19-2)22-12-11-18(14-22)9-5-4-6-10-18;/h15-16H,4-14H2,1-3H3,(H,19,20);1H. The molecule has 3 aliphatic rings. The quantitative estimate of drug-likeness (QED) is 0.419. The summed E-state index contributed by atoms with van der Waals surface area (Å²) in [5.41, 5.74) is 0.603. The Balaban J connectivity index is 0.00000192. The van der Waals surface area contributed by atoms with Crippen LogP contribution in [0.5, 0.6) is 0 Å². The van der Waals surface area contributed by atoms with Crippen LogP contribution < -0.4 is 5.32 Å². The Morgan fingerprint density at radius 1 is 1.26 bits per heavy atom. The summed E-state index contributed by atoms with van der Waals surface area (Å²) in [5, 5.41) is 3.63. The lowest BCUT2D eigenvalue weighted by atomic mass is 9.73. The fourth-order valence-corrected chi connectivity index (χ4v) is 4.38. The van der Waals surface area contributed by atoms with Crippen molar-refractivity contribution < 1.29 is 0 Å². The van der Waals surface area contributed by atoms with Gasteiger partial charge in [0, 0.05) is 38.8 Å². The average Bonchev–Trinajstić information content (AvgIpc) is 3.31. The minimum atomic E-state index is 0. The van der Waals surface area contributed by atoms with Gasteiger partial charge in [0.25, 0.3) is 0 Å². The maximum atomic E-state index is 4.55. The van der Waals surface area contributed by atoms with Crippen molar-refractivity contribution in [2.75, 3.05) is 33.7 Å². The summed E-state index contributed by atoms with van der Waals surface area (Å²) in [6, 6.07) is 1.41. The molecule has 5 heteroatoms. The molecule has 1 heterocycles. The minimum absolute atomic E-state index is 0. The molecule has 1 N–H and O–H groups in total. The summed E-state index contributed by atoms with van der Waals surface area (Å²) < 4.78 is 0. The SMILES string of the molecule is CN=C(NCC(C)N(C)C1CC1)N1CCC2(CCCCC2)C1.I. The van der Waals surface area contributed by atoms with Gasteiger partial charge in [0.1, 0.15) is 0 Å². The maximum absolute atomic E-state index is 4.55.